The lowest BCUT2D eigenvalue weighted by Gasteiger charge is -2.12. The maximum absolute atomic E-state index is 12.1. The Balaban J connectivity index is 1.75. The van der Waals surface area contributed by atoms with Crippen LogP contribution in [-0.2, 0) is 9.59 Å². The van der Waals surface area contributed by atoms with Crippen molar-refractivity contribution in [1.82, 2.24) is 5.32 Å². The van der Waals surface area contributed by atoms with Gasteiger partial charge in [-0.3, -0.25) is 9.59 Å². The van der Waals surface area contributed by atoms with Crippen LogP contribution < -0.4 is 24.8 Å². The van der Waals surface area contributed by atoms with Gasteiger partial charge in [-0.05, 0) is 42.8 Å². The first-order chi connectivity index (χ1) is 13.1. The molecule has 0 radical (unpaired) electrons. The summed E-state index contributed by atoms with van der Waals surface area (Å²) in [5.41, 5.74) is 0.569. The molecule has 0 heterocycles. The van der Waals surface area contributed by atoms with Crippen molar-refractivity contribution in [2.75, 3.05) is 32.2 Å². The summed E-state index contributed by atoms with van der Waals surface area (Å²) in [7, 11) is 1.57. The van der Waals surface area contributed by atoms with E-state index in [9.17, 15) is 9.59 Å². The summed E-state index contributed by atoms with van der Waals surface area (Å²) in [4.78, 5) is 23.9. The summed E-state index contributed by atoms with van der Waals surface area (Å²) < 4.78 is 16.0. The van der Waals surface area contributed by atoms with Gasteiger partial charge in [-0.15, -0.1) is 0 Å². The average molecular weight is 372 g/mol. The van der Waals surface area contributed by atoms with Gasteiger partial charge in [-0.25, -0.2) is 0 Å². The molecule has 0 aliphatic heterocycles. The van der Waals surface area contributed by atoms with Gasteiger partial charge in [0.15, 0.2) is 6.61 Å². The number of benzene rings is 2. The van der Waals surface area contributed by atoms with Gasteiger partial charge in [0, 0.05) is 0 Å². The third-order valence-electron chi connectivity index (χ3n) is 3.50. The number of rotatable bonds is 10. The zero-order valence-corrected chi connectivity index (χ0v) is 15.5. The molecule has 0 unspecified atom stereocenters. The molecule has 2 aromatic carbocycles. The van der Waals surface area contributed by atoms with Gasteiger partial charge in [0.05, 0.1) is 25.9 Å². The summed E-state index contributed by atoms with van der Waals surface area (Å²) in [5.74, 6) is 1.10. The van der Waals surface area contributed by atoms with Crippen molar-refractivity contribution >= 4 is 17.5 Å². The van der Waals surface area contributed by atoms with Gasteiger partial charge in [0.1, 0.15) is 17.2 Å². The van der Waals surface area contributed by atoms with Gasteiger partial charge >= 0.3 is 0 Å². The van der Waals surface area contributed by atoms with E-state index in [2.05, 4.69) is 10.6 Å². The van der Waals surface area contributed by atoms with E-state index in [4.69, 9.17) is 14.2 Å². The SMILES string of the molecule is CCCOc1ccccc1NC(=O)CNC(=O)COc1ccc(OC)cc1. The monoisotopic (exact) mass is 372 g/mol. The third-order valence-corrected chi connectivity index (χ3v) is 3.50. The van der Waals surface area contributed by atoms with Crippen molar-refractivity contribution in [3.8, 4) is 17.2 Å². The summed E-state index contributed by atoms with van der Waals surface area (Å²) in [5, 5.41) is 5.24. The normalized spacial score (nSPS) is 10.0. The second-order valence-electron chi connectivity index (χ2n) is 5.63. The zero-order chi connectivity index (χ0) is 19.5. The number of amides is 2. The largest absolute Gasteiger partial charge is 0.497 e. The molecule has 2 rings (SSSR count). The molecule has 27 heavy (non-hydrogen) atoms. The lowest BCUT2D eigenvalue weighted by atomic mass is 10.3. The lowest BCUT2D eigenvalue weighted by molar-refractivity contribution is -0.125. The number of nitrogens with one attached hydrogen (secondary N) is 2. The van der Waals surface area contributed by atoms with Crippen LogP contribution >= 0.6 is 0 Å². The molecule has 2 aromatic rings. The van der Waals surface area contributed by atoms with Gasteiger partial charge in [-0.1, -0.05) is 19.1 Å². The lowest BCUT2D eigenvalue weighted by Crippen LogP contribution is -2.35. The first-order valence-corrected chi connectivity index (χ1v) is 8.67. The minimum Gasteiger partial charge on any atom is -0.497 e. The highest BCUT2D eigenvalue weighted by Crippen LogP contribution is 2.23. The molecule has 0 fully saturated rings. The maximum atomic E-state index is 12.1. The first kappa shape index (κ1) is 20.1. The van der Waals surface area contributed by atoms with E-state index in [0.717, 1.165) is 6.42 Å². The van der Waals surface area contributed by atoms with Gasteiger partial charge in [0.25, 0.3) is 5.91 Å². The number of hydrogen-bond donors (Lipinski definition) is 2. The van der Waals surface area contributed by atoms with Crippen molar-refractivity contribution in [3.63, 3.8) is 0 Å². The first-order valence-electron chi connectivity index (χ1n) is 8.67. The molecule has 0 spiro atoms. The second-order valence-corrected chi connectivity index (χ2v) is 5.63. The molecule has 7 nitrogen and oxygen atoms in total. The smallest absolute Gasteiger partial charge is 0.258 e. The van der Waals surface area contributed by atoms with E-state index in [-0.39, 0.29) is 19.1 Å². The summed E-state index contributed by atoms with van der Waals surface area (Å²) in [6.07, 6.45) is 0.868. The predicted octanol–water partition coefficient (Wildman–Crippen LogP) is 2.62. The Morgan fingerprint density at radius 2 is 1.63 bits per heavy atom. The Morgan fingerprint density at radius 1 is 0.926 bits per heavy atom. The fraction of sp³-hybridized carbons (Fsp3) is 0.300. The van der Waals surface area contributed by atoms with Crippen LogP contribution in [0.3, 0.4) is 0 Å². The molecule has 0 aromatic heterocycles. The highest BCUT2D eigenvalue weighted by Gasteiger charge is 2.10. The summed E-state index contributed by atoms with van der Waals surface area (Å²) in [6, 6.07) is 14.0. The highest BCUT2D eigenvalue weighted by molar-refractivity contribution is 5.95. The van der Waals surface area contributed by atoms with Crippen molar-refractivity contribution in [2.24, 2.45) is 0 Å². The zero-order valence-electron chi connectivity index (χ0n) is 15.5. The second kappa shape index (κ2) is 10.7. The molecular formula is C20H24N2O5. The summed E-state index contributed by atoms with van der Waals surface area (Å²) >= 11 is 0. The number of anilines is 1. The van der Waals surface area contributed by atoms with E-state index in [1.807, 2.05) is 13.0 Å². The van der Waals surface area contributed by atoms with E-state index in [1.165, 1.54) is 0 Å². The van der Waals surface area contributed by atoms with Crippen molar-refractivity contribution in [2.45, 2.75) is 13.3 Å². The van der Waals surface area contributed by atoms with Gasteiger partial charge < -0.3 is 24.8 Å². The Bertz CT molecular complexity index is 746. The molecule has 2 N–H and O–H groups in total. The van der Waals surface area contributed by atoms with Crippen LogP contribution in [0, 0.1) is 0 Å². The number of methoxy groups -OCH3 is 1. The van der Waals surface area contributed by atoms with Crippen LogP contribution in [-0.4, -0.2) is 38.7 Å². The molecule has 0 saturated carbocycles. The molecule has 144 valence electrons. The van der Waals surface area contributed by atoms with E-state index in [0.29, 0.717) is 29.5 Å². The number of hydrogen-bond acceptors (Lipinski definition) is 5. The Labute approximate surface area is 158 Å². The molecule has 0 saturated heterocycles. The van der Waals surface area contributed by atoms with Crippen LogP contribution in [0.15, 0.2) is 48.5 Å². The standard InChI is InChI=1S/C20H24N2O5/c1-3-12-26-18-7-5-4-6-17(18)22-19(23)13-21-20(24)14-27-16-10-8-15(25-2)9-11-16/h4-11H,3,12-14H2,1-2H3,(H,21,24)(H,22,23). The Hall–Kier alpha value is -3.22. The van der Waals surface area contributed by atoms with Crippen LogP contribution in [0.1, 0.15) is 13.3 Å². The minimum absolute atomic E-state index is 0.160. The molecule has 0 aliphatic carbocycles. The van der Waals surface area contributed by atoms with E-state index < -0.39 is 5.91 Å². The Kier molecular flexibility index (Phi) is 7.96. The number of ether oxygens (including phenoxy) is 3. The maximum Gasteiger partial charge on any atom is 0.258 e. The fourth-order valence-electron chi connectivity index (χ4n) is 2.15. The number of carbonyl (C=O) groups excluding carboxylic acids is 2. The molecular weight excluding hydrogens is 348 g/mol. The predicted molar refractivity (Wildman–Crippen MR) is 102 cm³/mol. The summed E-state index contributed by atoms with van der Waals surface area (Å²) in [6.45, 7) is 2.22. The quantitative estimate of drug-likeness (QED) is 0.670. The van der Waals surface area contributed by atoms with Gasteiger partial charge in [0.2, 0.25) is 5.91 Å². The molecule has 7 heteroatoms. The van der Waals surface area contributed by atoms with Crippen LogP contribution in [0.5, 0.6) is 17.2 Å². The number of para-hydroxylation sites is 2. The molecule has 0 bridgehead atoms. The molecule has 2 amide bonds. The molecule has 0 atom stereocenters. The average Bonchev–Trinajstić information content (AvgIpc) is 2.70. The Morgan fingerprint density at radius 3 is 2.33 bits per heavy atom. The van der Waals surface area contributed by atoms with Crippen molar-refractivity contribution in [3.05, 3.63) is 48.5 Å². The third kappa shape index (κ3) is 6.89. The topological polar surface area (TPSA) is 85.9 Å². The van der Waals surface area contributed by atoms with Crippen molar-refractivity contribution < 1.29 is 23.8 Å². The van der Waals surface area contributed by atoms with Crippen LogP contribution in [0.4, 0.5) is 5.69 Å². The molecule has 0 aliphatic rings. The minimum atomic E-state index is -0.392. The van der Waals surface area contributed by atoms with E-state index in [1.54, 1.807) is 49.6 Å². The van der Waals surface area contributed by atoms with E-state index >= 15 is 0 Å². The fourth-order valence-corrected chi connectivity index (χ4v) is 2.15. The van der Waals surface area contributed by atoms with Crippen molar-refractivity contribution in [1.29, 1.82) is 0 Å². The van der Waals surface area contributed by atoms with Crippen LogP contribution in [0.2, 0.25) is 0 Å². The number of carbonyl (C=O) groups is 2. The van der Waals surface area contributed by atoms with Gasteiger partial charge in [-0.2, -0.15) is 0 Å². The highest BCUT2D eigenvalue weighted by atomic mass is 16.5. The van der Waals surface area contributed by atoms with Crippen LogP contribution in [0.25, 0.3) is 0 Å².